The van der Waals surface area contributed by atoms with Gasteiger partial charge in [-0.15, -0.1) is 6.42 Å². The third kappa shape index (κ3) is 2.20. The van der Waals surface area contributed by atoms with Crippen molar-refractivity contribution < 1.29 is 4.74 Å². The third-order valence-corrected chi connectivity index (χ3v) is 2.23. The average molecular weight is 210 g/mol. The van der Waals surface area contributed by atoms with Crippen LogP contribution in [-0.4, -0.2) is 14.2 Å². The van der Waals surface area contributed by atoms with Gasteiger partial charge in [-0.2, -0.15) is 0 Å². The standard InChI is InChI=1S/C11H12ClNO/c1-4-8-5-10(12)9(7-13-2)11(6-8)14-3/h1,5-6,13H,7H2,2-3H3. The maximum atomic E-state index is 6.06. The van der Waals surface area contributed by atoms with E-state index in [-0.39, 0.29) is 0 Å². The Morgan fingerprint density at radius 2 is 2.29 bits per heavy atom. The Labute approximate surface area is 89.2 Å². The van der Waals surface area contributed by atoms with Crippen LogP contribution in [0.2, 0.25) is 5.02 Å². The lowest BCUT2D eigenvalue weighted by Gasteiger charge is -2.10. The van der Waals surface area contributed by atoms with Crippen molar-refractivity contribution in [1.82, 2.24) is 5.32 Å². The number of terminal acetylenes is 1. The minimum Gasteiger partial charge on any atom is -0.496 e. The Bertz CT molecular complexity index is 368. The Balaban J connectivity index is 3.21. The number of benzene rings is 1. The van der Waals surface area contributed by atoms with Gasteiger partial charge in [0.05, 0.1) is 7.11 Å². The van der Waals surface area contributed by atoms with E-state index in [1.165, 1.54) is 0 Å². The quantitative estimate of drug-likeness (QED) is 0.770. The molecule has 0 heterocycles. The van der Waals surface area contributed by atoms with E-state index in [4.69, 9.17) is 22.8 Å². The monoisotopic (exact) mass is 209 g/mol. The van der Waals surface area contributed by atoms with Crippen LogP contribution in [-0.2, 0) is 6.54 Å². The summed E-state index contributed by atoms with van der Waals surface area (Å²) in [5, 5.41) is 3.65. The van der Waals surface area contributed by atoms with Crippen LogP contribution in [0.3, 0.4) is 0 Å². The molecule has 0 atom stereocenters. The molecule has 0 saturated carbocycles. The predicted molar refractivity (Wildman–Crippen MR) is 58.7 cm³/mol. The number of hydrogen-bond donors (Lipinski definition) is 1. The summed E-state index contributed by atoms with van der Waals surface area (Å²) < 4.78 is 5.20. The van der Waals surface area contributed by atoms with Crippen molar-refractivity contribution in [1.29, 1.82) is 0 Å². The Kier molecular flexibility index (Phi) is 3.82. The molecule has 74 valence electrons. The van der Waals surface area contributed by atoms with Gasteiger partial charge >= 0.3 is 0 Å². The molecular formula is C11H12ClNO. The van der Waals surface area contributed by atoms with E-state index in [9.17, 15) is 0 Å². The molecule has 0 unspecified atom stereocenters. The molecule has 0 aromatic heterocycles. The lowest BCUT2D eigenvalue weighted by Crippen LogP contribution is -2.07. The van der Waals surface area contributed by atoms with Gasteiger partial charge in [0.1, 0.15) is 5.75 Å². The largest absolute Gasteiger partial charge is 0.496 e. The molecule has 0 radical (unpaired) electrons. The zero-order chi connectivity index (χ0) is 10.6. The van der Waals surface area contributed by atoms with Gasteiger partial charge in [-0.1, -0.05) is 17.5 Å². The smallest absolute Gasteiger partial charge is 0.126 e. The molecule has 0 saturated heterocycles. The summed E-state index contributed by atoms with van der Waals surface area (Å²) in [5.41, 5.74) is 1.65. The average Bonchev–Trinajstić information content (AvgIpc) is 2.20. The molecule has 3 heteroatoms. The molecule has 0 bridgehead atoms. The van der Waals surface area contributed by atoms with Crippen LogP contribution in [0.15, 0.2) is 12.1 Å². The summed E-state index contributed by atoms with van der Waals surface area (Å²) in [6.07, 6.45) is 5.29. The Hall–Kier alpha value is -1.17. The van der Waals surface area contributed by atoms with E-state index >= 15 is 0 Å². The topological polar surface area (TPSA) is 21.3 Å². The predicted octanol–water partition coefficient (Wildman–Crippen LogP) is 2.05. The molecular weight excluding hydrogens is 198 g/mol. The first-order valence-corrected chi connectivity index (χ1v) is 4.58. The second-order valence-electron chi connectivity index (χ2n) is 2.81. The highest BCUT2D eigenvalue weighted by Gasteiger charge is 2.08. The number of ether oxygens (including phenoxy) is 1. The Morgan fingerprint density at radius 3 is 2.79 bits per heavy atom. The normalized spacial score (nSPS) is 9.57. The zero-order valence-electron chi connectivity index (χ0n) is 8.23. The highest BCUT2D eigenvalue weighted by molar-refractivity contribution is 6.31. The Morgan fingerprint density at radius 1 is 1.57 bits per heavy atom. The van der Waals surface area contributed by atoms with E-state index < -0.39 is 0 Å². The van der Waals surface area contributed by atoms with Crippen molar-refractivity contribution >= 4 is 11.6 Å². The first kappa shape index (κ1) is 10.9. The van der Waals surface area contributed by atoms with E-state index in [2.05, 4.69) is 11.2 Å². The van der Waals surface area contributed by atoms with Crippen molar-refractivity contribution in [3.63, 3.8) is 0 Å². The summed E-state index contributed by atoms with van der Waals surface area (Å²) in [5.74, 6) is 3.25. The van der Waals surface area contributed by atoms with Crippen LogP contribution in [0, 0.1) is 12.3 Å². The molecule has 1 aromatic carbocycles. The number of hydrogen-bond acceptors (Lipinski definition) is 2. The van der Waals surface area contributed by atoms with Crippen molar-refractivity contribution in [2.45, 2.75) is 6.54 Å². The summed E-state index contributed by atoms with van der Waals surface area (Å²) >= 11 is 6.06. The summed E-state index contributed by atoms with van der Waals surface area (Å²) in [6.45, 7) is 0.660. The summed E-state index contributed by atoms with van der Waals surface area (Å²) in [4.78, 5) is 0. The number of halogens is 1. The van der Waals surface area contributed by atoms with E-state index in [0.717, 1.165) is 16.9 Å². The van der Waals surface area contributed by atoms with Crippen LogP contribution >= 0.6 is 11.6 Å². The zero-order valence-corrected chi connectivity index (χ0v) is 8.98. The maximum absolute atomic E-state index is 6.06. The van der Waals surface area contributed by atoms with Gasteiger partial charge in [0.2, 0.25) is 0 Å². The number of methoxy groups -OCH3 is 1. The summed E-state index contributed by atoms with van der Waals surface area (Å²) in [7, 11) is 3.45. The van der Waals surface area contributed by atoms with Crippen LogP contribution in [0.5, 0.6) is 5.75 Å². The molecule has 0 aliphatic carbocycles. The molecule has 2 nitrogen and oxygen atoms in total. The van der Waals surface area contributed by atoms with Crippen molar-refractivity contribution in [2.75, 3.05) is 14.2 Å². The molecule has 0 aliphatic heterocycles. The van der Waals surface area contributed by atoms with Gasteiger partial charge in [0, 0.05) is 22.7 Å². The third-order valence-electron chi connectivity index (χ3n) is 1.89. The number of rotatable bonds is 3. The van der Waals surface area contributed by atoms with Gasteiger partial charge in [0.25, 0.3) is 0 Å². The molecule has 14 heavy (non-hydrogen) atoms. The molecule has 1 N–H and O–H groups in total. The fraction of sp³-hybridized carbons (Fsp3) is 0.273. The molecule has 0 spiro atoms. The lowest BCUT2D eigenvalue weighted by molar-refractivity contribution is 0.408. The molecule has 0 amide bonds. The van der Waals surface area contributed by atoms with Gasteiger partial charge in [-0.3, -0.25) is 0 Å². The van der Waals surface area contributed by atoms with E-state index in [1.807, 2.05) is 7.05 Å². The highest BCUT2D eigenvalue weighted by atomic mass is 35.5. The van der Waals surface area contributed by atoms with Crippen molar-refractivity contribution in [3.8, 4) is 18.1 Å². The van der Waals surface area contributed by atoms with Gasteiger partial charge in [-0.05, 0) is 19.2 Å². The second kappa shape index (κ2) is 4.90. The SMILES string of the molecule is C#Cc1cc(Cl)c(CNC)c(OC)c1. The van der Waals surface area contributed by atoms with Gasteiger partial charge < -0.3 is 10.1 Å². The van der Waals surface area contributed by atoms with Gasteiger partial charge in [-0.25, -0.2) is 0 Å². The van der Waals surface area contributed by atoms with E-state index in [1.54, 1.807) is 19.2 Å². The highest BCUT2D eigenvalue weighted by Crippen LogP contribution is 2.28. The maximum Gasteiger partial charge on any atom is 0.126 e. The van der Waals surface area contributed by atoms with Crippen LogP contribution in [0.4, 0.5) is 0 Å². The molecule has 0 aliphatic rings. The van der Waals surface area contributed by atoms with Crippen LogP contribution in [0.1, 0.15) is 11.1 Å². The molecule has 0 fully saturated rings. The van der Waals surface area contributed by atoms with E-state index in [0.29, 0.717) is 11.6 Å². The second-order valence-corrected chi connectivity index (χ2v) is 3.22. The van der Waals surface area contributed by atoms with Gasteiger partial charge in [0.15, 0.2) is 0 Å². The lowest BCUT2D eigenvalue weighted by atomic mass is 10.1. The minimum atomic E-state index is 0.631. The first-order chi connectivity index (χ1) is 6.72. The van der Waals surface area contributed by atoms with Crippen molar-refractivity contribution in [3.05, 3.63) is 28.3 Å². The number of nitrogens with one attached hydrogen (secondary N) is 1. The fourth-order valence-electron chi connectivity index (χ4n) is 1.23. The first-order valence-electron chi connectivity index (χ1n) is 4.20. The van der Waals surface area contributed by atoms with Crippen LogP contribution < -0.4 is 10.1 Å². The molecule has 1 rings (SSSR count). The minimum absolute atomic E-state index is 0.631. The van der Waals surface area contributed by atoms with Crippen molar-refractivity contribution in [2.24, 2.45) is 0 Å². The van der Waals surface area contributed by atoms with Crippen LogP contribution in [0.25, 0.3) is 0 Å². The molecule has 1 aromatic rings. The fourth-order valence-corrected chi connectivity index (χ4v) is 1.50. The summed E-state index contributed by atoms with van der Waals surface area (Å²) in [6, 6.07) is 3.56.